The monoisotopic (exact) mass is 254 g/mol. The Labute approximate surface area is 116 Å². The standard InChI is InChI=1S/C18H22O/c1-3-5-6-8-15-11-12-16-9-7-10-18(17(16)14-15)19-13-4-2/h2,7,9-12,14H,3-6,8,13H2,1H3. The van der Waals surface area contributed by atoms with E-state index in [2.05, 4.69) is 31.2 Å². The number of benzene rings is 2. The molecule has 0 aliphatic rings. The third-order valence-corrected chi connectivity index (χ3v) is 3.35. The molecule has 2 radical (unpaired) electrons. The summed E-state index contributed by atoms with van der Waals surface area (Å²) in [6.07, 6.45) is 5.51. The lowest BCUT2D eigenvalue weighted by Gasteiger charge is -2.10. The average molecular weight is 254 g/mol. The zero-order chi connectivity index (χ0) is 13.5. The molecule has 0 aromatic heterocycles. The molecule has 0 atom stereocenters. The maximum atomic E-state index is 5.72. The second-order valence-corrected chi connectivity index (χ2v) is 4.91. The zero-order valence-electron chi connectivity index (χ0n) is 11.7. The van der Waals surface area contributed by atoms with E-state index in [1.807, 2.05) is 12.1 Å². The predicted octanol–water partition coefficient (Wildman–Crippen LogP) is 5.05. The summed E-state index contributed by atoms with van der Waals surface area (Å²) in [5.74, 6) is 0.945. The van der Waals surface area contributed by atoms with E-state index in [0.717, 1.165) is 12.2 Å². The number of fused-ring (bicyclic) bond motifs is 1. The van der Waals surface area contributed by atoms with E-state index in [9.17, 15) is 0 Å². The molecule has 0 saturated heterocycles. The Kier molecular flexibility index (Phi) is 5.26. The summed E-state index contributed by atoms with van der Waals surface area (Å²) in [6, 6.07) is 12.9. The van der Waals surface area contributed by atoms with Crippen molar-refractivity contribution in [3.05, 3.63) is 48.9 Å². The molecule has 0 amide bonds. The first-order valence-electron chi connectivity index (χ1n) is 7.19. The molecule has 19 heavy (non-hydrogen) atoms. The van der Waals surface area contributed by atoms with Crippen LogP contribution < -0.4 is 4.74 Å². The molecular weight excluding hydrogens is 232 g/mol. The summed E-state index contributed by atoms with van der Waals surface area (Å²) in [5, 5.41) is 2.43. The molecule has 0 heterocycles. The van der Waals surface area contributed by atoms with Crippen molar-refractivity contribution < 1.29 is 4.74 Å². The van der Waals surface area contributed by atoms with Gasteiger partial charge in [-0.2, -0.15) is 0 Å². The molecular formula is C18H22O. The first-order chi connectivity index (χ1) is 9.35. The molecule has 1 heteroatoms. The van der Waals surface area contributed by atoms with E-state index in [0.29, 0.717) is 13.0 Å². The highest BCUT2D eigenvalue weighted by molar-refractivity contribution is 5.88. The van der Waals surface area contributed by atoms with E-state index in [1.165, 1.54) is 35.6 Å². The Hall–Kier alpha value is -1.50. The molecule has 1 nitrogen and oxygen atoms in total. The number of hydrogen-bond acceptors (Lipinski definition) is 1. The maximum Gasteiger partial charge on any atom is 0.127 e. The lowest BCUT2D eigenvalue weighted by atomic mass is 10.0. The maximum absolute atomic E-state index is 5.72. The van der Waals surface area contributed by atoms with E-state index in [1.54, 1.807) is 0 Å². The van der Waals surface area contributed by atoms with Gasteiger partial charge in [-0.25, -0.2) is 0 Å². The smallest absolute Gasteiger partial charge is 0.127 e. The van der Waals surface area contributed by atoms with Gasteiger partial charge in [-0.05, 0) is 49.3 Å². The highest BCUT2D eigenvalue weighted by Gasteiger charge is 2.03. The fourth-order valence-corrected chi connectivity index (χ4v) is 2.32. The number of ether oxygens (including phenoxy) is 1. The SMILES string of the molecule is [CH]CCOc1cccc2ccc(CCCCC)cc12. The van der Waals surface area contributed by atoms with Gasteiger partial charge in [0.05, 0.1) is 6.61 Å². The van der Waals surface area contributed by atoms with Crippen molar-refractivity contribution in [2.45, 2.75) is 39.0 Å². The van der Waals surface area contributed by atoms with Crippen molar-refractivity contribution in [2.75, 3.05) is 6.61 Å². The van der Waals surface area contributed by atoms with Crippen molar-refractivity contribution in [2.24, 2.45) is 0 Å². The van der Waals surface area contributed by atoms with Gasteiger partial charge in [0.15, 0.2) is 0 Å². The lowest BCUT2D eigenvalue weighted by Crippen LogP contribution is -1.96. The minimum absolute atomic E-state index is 0.548. The van der Waals surface area contributed by atoms with Crippen LogP contribution in [0.15, 0.2) is 36.4 Å². The summed E-state index contributed by atoms with van der Waals surface area (Å²) in [4.78, 5) is 0. The van der Waals surface area contributed by atoms with Crippen molar-refractivity contribution in [3.8, 4) is 5.75 Å². The van der Waals surface area contributed by atoms with Gasteiger partial charge in [0.25, 0.3) is 0 Å². The molecule has 100 valence electrons. The summed E-state index contributed by atoms with van der Waals surface area (Å²) in [7, 11) is 0. The van der Waals surface area contributed by atoms with E-state index >= 15 is 0 Å². The topological polar surface area (TPSA) is 9.23 Å². The first kappa shape index (κ1) is 13.9. The van der Waals surface area contributed by atoms with Gasteiger partial charge in [-0.3, -0.25) is 0 Å². The van der Waals surface area contributed by atoms with E-state index in [4.69, 9.17) is 11.7 Å². The number of aryl methyl sites for hydroxylation is 1. The molecule has 2 aromatic carbocycles. The van der Waals surface area contributed by atoms with Gasteiger partial charge in [0.2, 0.25) is 0 Å². The van der Waals surface area contributed by atoms with E-state index in [-0.39, 0.29) is 0 Å². The quantitative estimate of drug-likeness (QED) is 0.628. The van der Waals surface area contributed by atoms with Gasteiger partial charge in [0, 0.05) is 5.39 Å². The van der Waals surface area contributed by atoms with Crippen LogP contribution >= 0.6 is 0 Å². The van der Waals surface area contributed by atoms with Crippen LogP contribution in [-0.4, -0.2) is 6.61 Å². The summed E-state index contributed by atoms with van der Waals surface area (Å²) in [5.41, 5.74) is 1.39. The second kappa shape index (κ2) is 7.18. The normalized spacial score (nSPS) is 10.8. The zero-order valence-corrected chi connectivity index (χ0v) is 11.7. The lowest BCUT2D eigenvalue weighted by molar-refractivity contribution is 0.328. The van der Waals surface area contributed by atoms with Gasteiger partial charge in [0.1, 0.15) is 5.75 Å². The van der Waals surface area contributed by atoms with Crippen LogP contribution in [0.3, 0.4) is 0 Å². The Bertz CT molecular complexity index is 516. The van der Waals surface area contributed by atoms with Crippen LogP contribution in [0.1, 0.15) is 38.2 Å². The molecule has 0 N–H and O–H groups in total. The van der Waals surface area contributed by atoms with Crippen LogP contribution in [0, 0.1) is 6.92 Å². The van der Waals surface area contributed by atoms with E-state index < -0.39 is 0 Å². The molecule has 0 saturated carbocycles. The minimum atomic E-state index is 0.548. The summed E-state index contributed by atoms with van der Waals surface area (Å²) >= 11 is 0. The van der Waals surface area contributed by atoms with Crippen LogP contribution in [0.5, 0.6) is 5.75 Å². The third kappa shape index (κ3) is 3.73. The third-order valence-electron chi connectivity index (χ3n) is 3.35. The molecule has 0 aliphatic heterocycles. The van der Waals surface area contributed by atoms with Crippen molar-refractivity contribution in [1.82, 2.24) is 0 Å². The molecule has 2 aromatic rings. The Balaban J connectivity index is 2.22. The highest BCUT2D eigenvalue weighted by Crippen LogP contribution is 2.27. The molecule has 0 fully saturated rings. The van der Waals surface area contributed by atoms with Gasteiger partial charge in [-0.15, -0.1) is 0 Å². The number of rotatable bonds is 7. The van der Waals surface area contributed by atoms with Crippen molar-refractivity contribution >= 4 is 10.8 Å². The van der Waals surface area contributed by atoms with Crippen LogP contribution in [0.25, 0.3) is 10.8 Å². The Morgan fingerprint density at radius 2 is 2.00 bits per heavy atom. The Morgan fingerprint density at radius 1 is 1.11 bits per heavy atom. The Morgan fingerprint density at radius 3 is 2.79 bits per heavy atom. The van der Waals surface area contributed by atoms with Gasteiger partial charge < -0.3 is 4.74 Å². The fraction of sp³-hybridized carbons (Fsp3) is 0.389. The predicted molar refractivity (Wildman–Crippen MR) is 81.6 cm³/mol. The molecule has 2 rings (SSSR count). The van der Waals surface area contributed by atoms with Gasteiger partial charge in [-0.1, -0.05) is 44.0 Å². The van der Waals surface area contributed by atoms with Crippen LogP contribution in [-0.2, 0) is 6.42 Å². The first-order valence-corrected chi connectivity index (χ1v) is 7.19. The minimum Gasteiger partial charge on any atom is -0.493 e. The number of unbranched alkanes of at least 4 members (excludes halogenated alkanes) is 2. The number of hydrogen-bond donors (Lipinski definition) is 0. The van der Waals surface area contributed by atoms with Crippen LogP contribution in [0.2, 0.25) is 0 Å². The highest BCUT2D eigenvalue weighted by atomic mass is 16.5. The molecule has 0 spiro atoms. The van der Waals surface area contributed by atoms with Crippen molar-refractivity contribution in [1.29, 1.82) is 0 Å². The van der Waals surface area contributed by atoms with Crippen molar-refractivity contribution in [3.63, 3.8) is 0 Å². The summed E-state index contributed by atoms with van der Waals surface area (Å²) < 4.78 is 5.72. The van der Waals surface area contributed by atoms with Gasteiger partial charge >= 0.3 is 0 Å². The largest absolute Gasteiger partial charge is 0.493 e. The average Bonchev–Trinajstić information content (AvgIpc) is 2.45. The fourth-order valence-electron chi connectivity index (χ4n) is 2.32. The molecule has 0 aliphatic carbocycles. The molecule has 0 unspecified atom stereocenters. The molecule has 0 bridgehead atoms. The van der Waals surface area contributed by atoms with Crippen LogP contribution in [0.4, 0.5) is 0 Å². The second-order valence-electron chi connectivity index (χ2n) is 4.91. The summed E-state index contributed by atoms with van der Waals surface area (Å²) in [6.45, 7) is 8.31.